The molecule has 2 unspecified atom stereocenters. The largest absolute Gasteiger partial charge is 0.383 e. The minimum Gasteiger partial charge on any atom is -0.383 e. The summed E-state index contributed by atoms with van der Waals surface area (Å²) >= 11 is 0. The van der Waals surface area contributed by atoms with E-state index in [2.05, 4.69) is 5.32 Å². The topological polar surface area (TPSA) is 30.5 Å². The first-order valence-electron chi connectivity index (χ1n) is 6.19. The summed E-state index contributed by atoms with van der Waals surface area (Å²) in [5, 5.41) is 3.46. The fourth-order valence-electron chi connectivity index (χ4n) is 2.69. The van der Waals surface area contributed by atoms with Crippen LogP contribution in [0, 0.1) is 17.8 Å². The van der Waals surface area contributed by atoms with E-state index in [1.54, 1.807) is 7.11 Å². The van der Waals surface area contributed by atoms with Gasteiger partial charge in [-0.25, -0.2) is 0 Å². The molecule has 3 heteroatoms. The molecule has 0 aromatic carbocycles. The third-order valence-electron chi connectivity index (χ3n) is 3.74. The van der Waals surface area contributed by atoms with Crippen LogP contribution in [0.5, 0.6) is 0 Å². The van der Waals surface area contributed by atoms with Gasteiger partial charge in [-0.2, -0.15) is 0 Å². The van der Waals surface area contributed by atoms with Crippen LogP contribution in [0.2, 0.25) is 0 Å². The molecule has 2 aliphatic rings. The SMILES string of the molecule is COCCNCC1CC1C1CCOCC1. The van der Waals surface area contributed by atoms with E-state index in [0.29, 0.717) is 0 Å². The quantitative estimate of drug-likeness (QED) is 0.674. The molecule has 1 saturated carbocycles. The number of hydrogen-bond donors (Lipinski definition) is 1. The van der Waals surface area contributed by atoms with Gasteiger partial charge in [0.2, 0.25) is 0 Å². The summed E-state index contributed by atoms with van der Waals surface area (Å²) in [6.45, 7) is 4.99. The first kappa shape index (κ1) is 11.4. The Hall–Kier alpha value is -0.120. The fraction of sp³-hybridized carbons (Fsp3) is 1.00. The highest BCUT2D eigenvalue weighted by molar-refractivity contribution is 4.92. The minimum atomic E-state index is 0.828. The molecule has 0 aromatic rings. The van der Waals surface area contributed by atoms with E-state index < -0.39 is 0 Å². The molecule has 0 spiro atoms. The van der Waals surface area contributed by atoms with Crippen molar-refractivity contribution in [2.24, 2.45) is 17.8 Å². The van der Waals surface area contributed by atoms with Gasteiger partial charge >= 0.3 is 0 Å². The summed E-state index contributed by atoms with van der Waals surface area (Å²) in [7, 11) is 1.75. The Morgan fingerprint density at radius 3 is 2.87 bits per heavy atom. The fourth-order valence-corrected chi connectivity index (χ4v) is 2.69. The number of ether oxygens (including phenoxy) is 2. The number of nitrogens with one attached hydrogen (secondary N) is 1. The molecule has 88 valence electrons. The van der Waals surface area contributed by atoms with Crippen molar-refractivity contribution in [3.05, 3.63) is 0 Å². The zero-order valence-corrected chi connectivity index (χ0v) is 9.71. The van der Waals surface area contributed by atoms with Crippen molar-refractivity contribution in [2.75, 3.05) is 40.0 Å². The molecule has 0 amide bonds. The van der Waals surface area contributed by atoms with E-state index in [1.807, 2.05) is 0 Å². The lowest BCUT2D eigenvalue weighted by molar-refractivity contribution is 0.0581. The lowest BCUT2D eigenvalue weighted by Crippen LogP contribution is -2.24. The van der Waals surface area contributed by atoms with E-state index in [1.165, 1.54) is 25.8 Å². The van der Waals surface area contributed by atoms with Crippen LogP contribution >= 0.6 is 0 Å². The lowest BCUT2D eigenvalue weighted by atomic mass is 9.93. The van der Waals surface area contributed by atoms with Crippen LogP contribution in [-0.2, 0) is 9.47 Å². The number of methoxy groups -OCH3 is 1. The predicted octanol–water partition coefficient (Wildman–Crippen LogP) is 1.29. The maximum atomic E-state index is 5.39. The summed E-state index contributed by atoms with van der Waals surface area (Å²) in [5.41, 5.74) is 0. The van der Waals surface area contributed by atoms with Crippen LogP contribution in [0.1, 0.15) is 19.3 Å². The second kappa shape index (κ2) is 5.83. The van der Waals surface area contributed by atoms with Gasteiger partial charge in [-0.1, -0.05) is 0 Å². The molecule has 1 aliphatic heterocycles. The van der Waals surface area contributed by atoms with Gasteiger partial charge in [0.25, 0.3) is 0 Å². The van der Waals surface area contributed by atoms with E-state index in [9.17, 15) is 0 Å². The molecule has 1 N–H and O–H groups in total. The van der Waals surface area contributed by atoms with Crippen molar-refractivity contribution < 1.29 is 9.47 Å². The number of rotatable bonds is 6. The van der Waals surface area contributed by atoms with Crippen LogP contribution in [-0.4, -0.2) is 40.0 Å². The maximum absolute atomic E-state index is 5.39. The molecular weight excluding hydrogens is 190 g/mol. The third kappa shape index (κ3) is 3.44. The third-order valence-corrected chi connectivity index (χ3v) is 3.74. The molecular formula is C12H23NO2. The van der Waals surface area contributed by atoms with Crippen LogP contribution in [0.4, 0.5) is 0 Å². The predicted molar refractivity (Wildman–Crippen MR) is 59.9 cm³/mol. The van der Waals surface area contributed by atoms with E-state index >= 15 is 0 Å². The van der Waals surface area contributed by atoms with Crippen molar-refractivity contribution in [1.82, 2.24) is 5.32 Å². The molecule has 2 atom stereocenters. The van der Waals surface area contributed by atoms with Crippen molar-refractivity contribution >= 4 is 0 Å². The second-order valence-corrected chi connectivity index (χ2v) is 4.81. The van der Waals surface area contributed by atoms with E-state index in [4.69, 9.17) is 9.47 Å². The summed E-state index contributed by atoms with van der Waals surface area (Å²) in [6, 6.07) is 0. The van der Waals surface area contributed by atoms with Crippen molar-refractivity contribution in [3.8, 4) is 0 Å². The van der Waals surface area contributed by atoms with Crippen LogP contribution < -0.4 is 5.32 Å². The first-order valence-corrected chi connectivity index (χ1v) is 6.19. The zero-order chi connectivity index (χ0) is 10.5. The Balaban J connectivity index is 1.55. The van der Waals surface area contributed by atoms with Gasteiger partial charge in [0.15, 0.2) is 0 Å². The summed E-state index contributed by atoms with van der Waals surface area (Å²) in [6.07, 6.45) is 4.02. The summed E-state index contributed by atoms with van der Waals surface area (Å²) < 4.78 is 10.4. The van der Waals surface area contributed by atoms with Gasteiger partial charge in [-0.05, 0) is 43.6 Å². The van der Waals surface area contributed by atoms with Gasteiger partial charge < -0.3 is 14.8 Å². The number of hydrogen-bond acceptors (Lipinski definition) is 3. The van der Waals surface area contributed by atoms with Gasteiger partial charge in [0.1, 0.15) is 0 Å². The minimum absolute atomic E-state index is 0.828. The standard InChI is InChI=1S/C12H23NO2/c1-14-7-4-13-9-11-8-12(11)10-2-5-15-6-3-10/h10-13H,2-9H2,1H3. The Morgan fingerprint density at radius 1 is 1.33 bits per heavy atom. The Kier molecular flexibility index (Phi) is 4.42. The van der Waals surface area contributed by atoms with Gasteiger partial charge in [0.05, 0.1) is 6.61 Å². The monoisotopic (exact) mass is 213 g/mol. The van der Waals surface area contributed by atoms with Crippen molar-refractivity contribution in [3.63, 3.8) is 0 Å². The maximum Gasteiger partial charge on any atom is 0.0587 e. The van der Waals surface area contributed by atoms with Gasteiger partial charge in [-0.15, -0.1) is 0 Å². The Labute approximate surface area is 92.5 Å². The van der Waals surface area contributed by atoms with Gasteiger partial charge in [-0.3, -0.25) is 0 Å². The zero-order valence-electron chi connectivity index (χ0n) is 9.71. The smallest absolute Gasteiger partial charge is 0.0587 e. The summed E-state index contributed by atoms with van der Waals surface area (Å²) in [5.74, 6) is 2.88. The van der Waals surface area contributed by atoms with Crippen LogP contribution in [0.3, 0.4) is 0 Å². The van der Waals surface area contributed by atoms with Crippen LogP contribution in [0.15, 0.2) is 0 Å². The lowest BCUT2D eigenvalue weighted by Gasteiger charge is -2.22. The highest BCUT2D eigenvalue weighted by Gasteiger charge is 2.42. The van der Waals surface area contributed by atoms with Gasteiger partial charge in [0, 0.05) is 26.9 Å². The van der Waals surface area contributed by atoms with E-state index in [-0.39, 0.29) is 0 Å². The molecule has 0 radical (unpaired) electrons. The highest BCUT2D eigenvalue weighted by Crippen LogP contribution is 2.47. The van der Waals surface area contributed by atoms with E-state index in [0.717, 1.165) is 44.1 Å². The average molecular weight is 213 g/mol. The molecule has 2 rings (SSSR count). The molecule has 1 aliphatic carbocycles. The molecule has 15 heavy (non-hydrogen) atoms. The molecule has 0 bridgehead atoms. The van der Waals surface area contributed by atoms with Crippen molar-refractivity contribution in [1.29, 1.82) is 0 Å². The normalized spacial score (nSPS) is 31.8. The molecule has 1 saturated heterocycles. The molecule has 2 fully saturated rings. The summed E-state index contributed by atoms with van der Waals surface area (Å²) in [4.78, 5) is 0. The second-order valence-electron chi connectivity index (χ2n) is 4.81. The first-order chi connectivity index (χ1) is 7.42. The molecule has 3 nitrogen and oxygen atoms in total. The Morgan fingerprint density at radius 2 is 2.13 bits per heavy atom. The molecule has 0 aromatic heterocycles. The average Bonchev–Trinajstić information content (AvgIpc) is 3.05. The van der Waals surface area contributed by atoms with Crippen LogP contribution in [0.25, 0.3) is 0 Å². The Bertz CT molecular complexity index is 180. The van der Waals surface area contributed by atoms with Crippen molar-refractivity contribution in [2.45, 2.75) is 19.3 Å². The highest BCUT2D eigenvalue weighted by atomic mass is 16.5. The molecule has 1 heterocycles.